The normalized spacial score (nSPS) is 9.50. The summed E-state index contributed by atoms with van der Waals surface area (Å²) in [5, 5.41) is 0. The molecule has 6 heavy (non-hydrogen) atoms. The van der Waals surface area contributed by atoms with Crippen LogP contribution in [0.4, 0.5) is 0 Å². The van der Waals surface area contributed by atoms with Gasteiger partial charge in [-0.2, -0.15) is 0 Å². The highest BCUT2D eigenvalue weighted by Gasteiger charge is 1.60. The molecule has 0 saturated heterocycles. The fourth-order valence-electron chi connectivity index (χ4n) is 0.107. The molecule has 0 aliphatic rings. The lowest BCUT2D eigenvalue weighted by Crippen LogP contribution is -1.59. The molecule has 0 aliphatic carbocycles. The van der Waals surface area contributed by atoms with Gasteiger partial charge in [0, 0.05) is 5.88 Å². The van der Waals surface area contributed by atoms with Crippen molar-refractivity contribution in [2.24, 2.45) is 0 Å². The van der Waals surface area contributed by atoms with Crippen molar-refractivity contribution in [3.8, 4) is 0 Å². The smallest absolute Gasteiger partial charge is 0.142 e. The van der Waals surface area contributed by atoms with Gasteiger partial charge in [0.1, 0.15) is 6.29 Å². The van der Waals surface area contributed by atoms with Crippen LogP contribution in [0.2, 0.25) is 0 Å². The van der Waals surface area contributed by atoms with Crippen molar-refractivity contribution >= 4 is 17.9 Å². The van der Waals surface area contributed by atoms with E-state index < -0.39 is 0 Å². The molecule has 34 valence electrons. The zero-order valence-electron chi connectivity index (χ0n) is 3.23. The van der Waals surface area contributed by atoms with Crippen molar-refractivity contribution in [2.75, 3.05) is 5.88 Å². The quantitative estimate of drug-likeness (QED) is 0.290. The van der Waals surface area contributed by atoms with E-state index in [4.69, 9.17) is 11.6 Å². The molecule has 0 aromatic carbocycles. The van der Waals surface area contributed by atoms with Crippen LogP contribution < -0.4 is 0 Å². The third-order valence-electron chi connectivity index (χ3n) is 0.304. The molecular weight excluding hydrogens is 99.5 g/mol. The van der Waals surface area contributed by atoms with Gasteiger partial charge in [-0.05, 0) is 6.08 Å². The second kappa shape index (κ2) is 4.70. The monoisotopic (exact) mass is 104 g/mol. The van der Waals surface area contributed by atoms with Gasteiger partial charge in [-0.25, -0.2) is 0 Å². The summed E-state index contributed by atoms with van der Waals surface area (Å²) in [5.41, 5.74) is 0. The first kappa shape index (κ1) is 5.70. The molecule has 0 fully saturated rings. The second-order valence-electron chi connectivity index (χ2n) is 0.719. The lowest BCUT2D eigenvalue weighted by Gasteiger charge is -1.63. The van der Waals surface area contributed by atoms with Crippen molar-refractivity contribution in [1.29, 1.82) is 0 Å². The van der Waals surface area contributed by atoms with Crippen molar-refractivity contribution in [3.05, 3.63) is 12.2 Å². The first-order valence-corrected chi connectivity index (χ1v) is 2.11. The Hall–Kier alpha value is -0.300. The number of hydrogen-bond acceptors (Lipinski definition) is 1. The summed E-state index contributed by atoms with van der Waals surface area (Å²) in [7, 11) is 0. The van der Waals surface area contributed by atoms with Crippen molar-refractivity contribution in [3.63, 3.8) is 0 Å². The van der Waals surface area contributed by atoms with Crippen LogP contribution in [0.1, 0.15) is 0 Å². The van der Waals surface area contributed by atoms with Gasteiger partial charge in [-0.15, -0.1) is 11.6 Å². The fraction of sp³-hybridized carbons (Fsp3) is 0.250. The molecular formula is C4H5ClO. The third-order valence-corrected chi connectivity index (χ3v) is 0.482. The van der Waals surface area contributed by atoms with Crippen LogP contribution in [-0.4, -0.2) is 12.2 Å². The first-order chi connectivity index (χ1) is 2.91. The number of halogens is 1. The van der Waals surface area contributed by atoms with E-state index in [1.165, 1.54) is 6.08 Å². The maximum atomic E-state index is 9.42. The average molecular weight is 105 g/mol. The Labute approximate surface area is 41.6 Å². The maximum absolute atomic E-state index is 9.42. The highest BCUT2D eigenvalue weighted by molar-refractivity contribution is 6.19. The molecule has 0 rings (SSSR count). The molecule has 0 heterocycles. The van der Waals surface area contributed by atoms with Crippen LogP contribution in [0.3, 0.4) is 0 Å². The largest absolute Gasteiger partial charge is 0.299 e. The van der Waals surface area contributed by atoms with Crippen LogP contribution in [0.15, 0.2) is 12.2 Å². The molecule has 0 unspecified atom stereocenters. The number of rotatable bonds is 2. The first-order valence-electron chi connectivity index (χ1n) is 1.58. The lowest BCUT2D eigenvalue weighted by atomic mass is 10.6. The minimum Gasteiger partial charge on any atom is -0.299 e. The molecule has 0 bridgehead atoms. The third kappa shape index (κ3) is 3.70. The van der Waals surface area contributed by atoms with E-state index in [0.717, 1.165) is 0 Å². The minimum absolute atomic E-state index is 0.415. The summed E-state index contributed by atoms with van der Waals surface area (Å²) in [5.74, 6) is 0.415. The van der Waals surface area contributed by atoms with Gasteiger partial charge in [-0.3, -0.25) is 4.79 Å². The molecule has 0 aliphatic heterocycles. The fourth-order valence-corrected chi connectivity index (χ4v) is 0.210. The topological polar surface area (TPSA) is 17.1 Å². The maximum Gasteiger partial charge on any atom is 0.142 e. The number of carbonyl (C=O) groups excluding carboxylic acids is 1. The molecule has 0 aromatic heterocycles. The van der Waals surface area contributed by atoms with E-state index in [-0.39, 0.29) is 0 Å². The standard InChI is InChI=1S/C4H5ClO/c5-3-1-2-4-6/h1-2,4H,3H2. The molecule has 0 amide bonds. The predicted molar refractivity (Wildman–Crippen MR) is 25.9 cm³/mol. The molecule has 0 N–H and O–H groups in total. The summed E-state index contributed by atoms with van der Waals surface area (Å²) in [6.07, 6.45) is 3.64. The second-order valence-corrected chi connectivity index (χ2v) is 1.03. The van der Waals surface area contributed by atoms with Gasteiger partial charge in [0.15, 0.2) is 0 Å². The molecule has 0 saturated carbocycles. The summed E-state index contributed by atoms with van der Waals surface area (Å²) < 4.78 is 0. The van der Waals surface area contributed by atoms with Crippen LogP contribution in [0.5, 0.6) is 0 Å². The van der Waals surface area contributed by atoms with E-state index in [9.17, 15) is 4.79 Å². The van der Waals surface area contributed by atoms with E-state index in [1.807, 2.05) is 0 Å². The molecule has 0 atom stereocenters. The highest BCUT2D eigenvalue weighted by Crippen LogP contribution is 1.72. The van der Waals surface area contributed by atoms with E-state index >= 15 is 0 Å². The van der Waals surface area contributed by atoms with E-state index in [1.54, 1.807) is 6.08 Å². The van der Waals surface area contributed by atoms with Crippen LogP contribution in [0.25, 0.3) is 0 Å². The van der Waals surface area contributed by atoms with Crippen LogP contribution >= 0.6 is 11.6 Å². The van der Waals surface area contributed by atoms with Gasteiger partial charge >= 0.3 is 0 Å². The predicted octanol–water partition coefficient (Wildman–Crippen LogP) is 0.980. The van der Waals surface area contributed by atoms with Gasteiger partial charge in [-0.1, -0.05) is 6.08 Å². The average Bonchev–Trinajstić information content (AvgIpc) is 1.61. The van der Waals surface area contributed by atoms with Crippen molar-refractivity contribution in [2.45, 2.75) is 0 Å². The lowest BCUT2D eigenvalue weighted by molar-refractivity contribution is -0.104. The van der Waals surface area contributed by atoms with E-state index in [0.29, 0.717) is 12.2 Å². The summed E-state index contributed by atoms with van der Waals surface area (Å²) >= 11 is 5.13. The Morgan fingerprint density at radius 2 is 2.33 bits per heavy atom. The molecule has 0 aromatic rings. The number of allylic oxidation sites excluding steroid dienone is 2. The number of carbonyl (C=O) groups is 1. The van der Waals surface area contributed by atoms with Crippen LogP contribution in [0, 0.1) is 0 Å². The SMILES string of the molecule is O=CC=CCCl. The molecule has 0 radical (unpaired) electrons. The van der Waals surface area contributed by atoms with Gasteiger partial charge in [0.2, 0.25) is 0 Å². The summed E-state index contributed by atoms with van der Waals surface area (Å²) in [6, 6.07) is 0. The summed E-state index contributed by atoms with van der Waals surface area (Å²) in [4.78, 5) is 9.42. The molecule has 1 nitrogen and oxygen atoms in total. The van der Waals surface area contributed by atoms with E-state index in [2.05, 4.69) is 0 Å². The van der Waals surface area contributed by atoms with Crippen molar-refractivity contribution < 1.29 is 4.79 Å². The van der Waals surface area contributed by atoms with Gasteiger partial charge < -0.3 is 0 Å². The van der Waals surface area contributed by atoms with Crippen LogP contribution in [-0.2, 0) is 4.79 Å². The Morgan fingerprint density at radius 3 is 2.50 bits per heavy atom. The Kier molecular flexibility index (Phi) is 4.47. The van der Waals surface area contributed by atoms with Gasteiger partial charge in [0.05, 0.1) is 0 Å². The molecule has 0 spiro atoms. The Balaban J connectivity index is 2.94. The molecule has 2 heteroatoms. The highest BCUT2D eigenvalue weighted by atomic mass is 35.5. The number of alkyl halides is 1. The minimum atomic E-state index is 0.415. The van der Waals surface area contributed by atoms with Crippen molar-refractivity contribution in [1.82, 2.24) is 0 Å². The number of aldehydes is 1. The number of hydrogen-bond donors (Lipinski definition) is 0. The Bertz CT molecular complexity index is 58.6. The summed E-state index contributed by atoms with van der Waals surface area (Å²) in [6.45, 7) is 0. The zero-order valence-corrected chi connectivity index (χ0v) is 3.98. The Morgan fingerprint density at radius 1 is 1.67 bits per heavy atom. The van der Waals surface area contributed by atoms with Gasteiger partial charge in [0.25, 0.3) is 0 Å². The zero-order chi connectivity index (χ0) is 4.83.